The molecule has 2 aromatic carbocycles. The Morgan fingerprint density at radius 3 is 2.63 bits per heavy atom. The van der Waals surface area contributed by atoms with Gasteiger partial charge in [-0.05, 0) is 76.1 Å². The van der Waals surface area contributed by atoms with E-state index in [0.717, 1.165) is 17.7 Å². The highest BCUT2D eigenvalue weighted by molar-refractivity contribution is 8.18. The maximum atomic E-state index is 13.5. The van der Waals surface area contributed by atoms with Crippen LogP contribution < -0.4 is 14.8 Å². The number of nitrogens with one attached hydrogen (secondary N) is 1. The number of hydrogen-bond donors (Lipinski definition) is 1. The largest absolute Gasteiger partial charge is 0.493 e. The lowest BCUT2D eigenvalue weighted by atomic mass is 10.1. The second-order valence-electron chi connectivity index (χ2n) is 7.15. The highest BCUT2D eigenvalue weighted by Gasteiger charge is 2.35. The minimum atomic E-state index is -4.71. The van der Waals surface area contributed by atoms with Crippen LogP contribution in [0.5, 0.6) is 17.2 Å². The Morgan fingerprint density at radius 2 is 1.94 bits per heavy atom. The number of hydrogen-bond acceptors (Lipinski definition) is 7. The molecule has 1 aromatic heterocycles. The minimum Gasteiger partial charge on any atom is -0.493 e. The number of halogens is 3. The van der Waals surface area contributed by atoms with E-state index in [4.69, 9.17) is 14.7 Å². The highest BCUT2D eigenvalue weighted by Crippen LogP contribution is 2.41. The summed E-state index contributed by atoms with van der Waals surface area (Å²) in [7, 11) is 1.35. The molecule has 3 aromatic rings. The number of aliphatic imine (C=N–C) groups is 1. The van der Waals surface area contributed by atoms with Crippen molar-refractivity contribution in [3.05, 3.63) is 80.4 Å². The summed E-state index contributed by atoms with van der Waals surface area (Å²) >= 11 is 2.77. The van der Waals surface area contributed by atoms with Crippen molar-refractivity contribution in [1.29, 1.82) is 5.26 Å². The standard InChI is InChI=1S/C24H16F3N3O3S2/c1-32-20-9-14(10-21-22(31)30-23(35-21)29-12-16-6-7-34-13-16)2-5-19(20)33-18-4-3-15(11-28)8-17(18)24(25,26)27/h2-10,13H,12H2,1H3,(H,29,30,31). The number of methoxy groups -OCH3 is 1. The van der Waals surface area contributed by atoms with Crippen molar-refractivity contribution in [1.82, 2.24) is 5.32 Å². The normalized spacial score (nSPS) is 14.5. The molecule has 1 N–H and O–H groups in total. The molecule has 1 amide bonds. The zero-order valence-corrected chi connectivity index (χ0v) is 19.7. The molecule has 0 aliphatic carbocycles. The predicted octanol–water partition coefficient (Wildman–Crippen LogP) is 6.20. The Balaban J connectivity index is 1.52. The van der Waals surface area contributed by atoms with Crippen molar-refractivity contribution in [2.75, 3.05) is 7.11 Å². The molecule has 11 heteroatoms. The first-order chi connectivity index (χ1) is 16.8. The zero-order chi connectivity index (χ0) is 25.0. The van der Waals surface area contributed by atoms with Gasteiger partial charge in [0.2, 0.25) is 0 Å². The molecule has 0 saturated carbocycles. The Hall–Kier alpha value is -3.75. The third kappa shape index (κ3) is 5.85. The monoisotopic (exact) mass is 515 g/mol. The quantitative estimate of drug-likeness (QED) is 0.394. The molecule has 0 saturated heterocycles. The molecule has 2 heterocycles. The fourth-order valence-corrected chi connectivity index (χ4v) is 4.57. The number of nitriles is 1. The van der Waals surface area contributed by atoms with Crippen LogP contribution in [0, 0.1) is 11.3 Å². The second kappa shape index (κ2) is 10.2. The molecule has 1 aliphatic rings. The fourth-order valence-electron chi connectivity index (χ4n) is 3.09. The summed E-state index contributed by atoms with van der Waals surface area (Å²) in [5.74, 6) is -0.639. The summed E-state index contributed by atoms with van der Waals surface area (Å²) in [5, 5.41) is 16.5. The SMILES string of the molecule is COc1cc(C=C2SC(NCc3ccsc3)=NC2=O)ccc1Oc1ccc(C#N)cc1C(F)(F)F. The number of carbonyl (C=O) groups is 1. The number of rotatable bonds is 6. The summed E-state index contributed by atoms with van der Waals surface area (Å²) < 4.78 is 51.2. The smallest absolute Gasteiger partial charge is 0.420 e. The molecular formula is C24H16F3N3O3S2. The fraction of sp³-hybridized carbons (Fsp3) is 0.125. The van der Waals surface area contributed by atoms with Crippen LogP contribution in [0.4, 0.5) is 13.2 Å². The molecule has 6 nitrogen and oxygen atoms in total. The molecule has 0 fully saturated rings. The van der Waals surface area contributed by atoms with Crippen molar-refractivity contribution in [3.8, 4) is 23.3 Å². The average Bonchev–Trinajstić information content (AvgIpc) is 3.48. The Bertz CT molecular complexity index is 1360. The Labute approximate surface area is 206 Å². The van der Waals surface area contributed by atoms with Crippen LogP contribution in [-0.2, 0) is 17.5 Å². The van der Waals surface area contributed by atoms with E-state index in [-0.39, 0.29) is 17.1 Å². The lowest BCUT2D eigenvalue weighted by molar-refractivity contribution is -0.138. The van der Waals surface area contributed by atoms with Crippen molar-refractivity contribution in [3.63, 3.8) is 0 Å². The summed E-state index contributed by atoms with van der Waals surface area (Å²) in [5.41, 5.74) is 0.454. The van der Waals surface area contributed by atoms with Crippen LogP contribution in [0.25, 0.3) is 6.08 Å². The molecule has 0 atom stereocenters. The predicted molar refractivity (Wildman–Crippen MR) is 128 cm³/mol. The average molecular weight is 516 g/mol. The number of amides is 1. The van der Waals surface area contributed by atoms with Crippen molar-refractivity contribution in [2.45, 2.75) is 12.7 Å². The number of thiophene rings is 1. The lowest BCUT2D eigenvalue weighted by Crippen LogP contribution is -2.17. The van der Waals surface area contributed by atoms with E-state index in [1.54, 1.807) is 35.6 Å². The maximum Gasteiger partial charge on any atom is 0.420 e. The molecule has 0 bridgehead atoms. The maximum absolute atomic E-state index is 13.5. The van der Waals surface area contributed by atoms with Gasteiger partial charge in [0.15, 0.2) is 16.7 Å². The van der Waals surface area contributed by atoms with Gasteiger partial charge in [-0.25, -0.2) is 0 Å². The van der Waals surface area contributed by atoms with Gasteiger partial charge >= 0.3 is 6.18 Å². The van der Waals surface area contributed by atoms with Crippen LogP contribution in [0.15, 0.2) is 63.1 Å². The van der Waals surface area contributed by atoms with Crippen molar-refractivity contribution < 1.29 is 27.4 Å². The van der Waals surface area contributed by atoms with Crippen molar-refractivity contribution >= 4 is 40.2 Å². The van der Waals surface area contributed by atoms with E-state index in [2.05, 4.69) is 10.3 Å². The molecular weight excluding hydrogens is 499 g/mol. The van der Waals surface area contributed by atoms with Gasteiger partial charge < -0.3 is 14.8 Å². The zero-order valence-electron chi connectivity index (χ0n) is 18.1. The van der Waals surface area contributed by atoms with Gasteiger partial charge in [0.25, 0.3) is 5.91 Å². The summed E-state index contributed by atoms with van der Waals surface area (Å²) in [6, 6.07) is 11.3. The number of benzene rings is 2. The summed E-state index contributed by atoms with van der Waals surface area (Å²) in [4.78, 5) is 16.7. The van der Waals surface area contributed by atoms with Gasteiger partial charge in [-0.1, -0.05) is 6.07 Å². The number of amidine groups is 1. The Morgan fingerprint density at radius 1 is 1.14 bits per heavy atom. The van der Waals surface area contributed by atoms with Crippen molar-refractivity contribution in [2.24, 2.45) is 4.99 Å². The number of alkyl halides is 3. The molecule has 1 aliphatic heterocycles. The second-order valence-corrected chi connectivity index (χ2v) is 8.96. The topological polar surface area (TPSA) is 83.7 Å². The van der Waals surface area contributed by atoms with Crippen LogP contribution in [-0.4, -0.2) is 18.2 Å². The first-order valence-corrected chi connectivity index (χ1v) is 11.8. The third-order valence-corrected chi connectivity index (χ3v) is 6.44. The lowest BCUT2D eigenvalue weighted by Gasteiger charge is -2.16. The van der Waals surface area contributed by atoms with Gasteiger partial charge in [-0.15, -0.1) is 0 Å². The van der Waals surface area contributed by atoms with Gasteiger partial charge in [0.1, 0.15) is 5.75 Å². The third-order valence-electron chi connectivity index (χ3n) is 4.76. The first-order valence-electron chi connectivity index (χ1n) is 10.0. The first kappa shape index (κ1) is 24.4. The van der Waals surface area contributed by atoms with Crippen LogP contribution in [0.3, 0.4) is 0 Å². The number of nitrogens with zero attached hydrogens (tertiary/aromatic N) is 2. The molecule has 4 rings (SSSR count). The molecule has 0 unspecified atom stereocenters. The highest BCUT2D eigenvalue weighted by atomic mass is 32.2. The van der Waals surface area contributed by atoms with E-state index < -0.39 is 23.4 Å². The van der Waals surface area contributed by atoms with Gasteiger partial charge in [0.05, 0.1) is 29.2 Å². The van der Waals surface area contributed by atoms with Crippen LogP contribution in [0.1, 0.15) is 22.3 Å². The van der Waals surface area contributed by atoms with Gasteiger partial charge in [-0.2, -0.15) is 34.8 Å². The van der Waals surface area contributed by atoms with Crippen LogP contribution in [0.2, 0.25) is 0 Å². The van der Waals surface area contributed by atoms with E-state index >= 15 is 0 Å². The van der Waals surface area contributed by atoms with E-state index in [9.17, 15) is 18.0 Å². The number of carbonyl (C=O) groups excluding carboxylic acids is 1. The number of thioether (sulfide) groups is 1. The molecule has 35 heavy (non-hydrogen) atoms. The Kier molecular flexibility index (Phi) is 7.14. The number of ether oxygens (including phenoxy) is 2. The van der Waals surface area contributed by atoms with E-state index in [1.165, 1.54) is 31.0 Å². The minimum absolute atomic E-state index is 0.0460. The molecule has 178 valence electrons. The van der Waals surface area contributed by atoms with E-state index in [1.807, 2.05) is 16.8 Å². The van der Waals surface area contributed by atoms with Gasteiger partial charge in [-0.3, -0.25) is 4.79 Å². The molecule has 0 radical (unpaired) electrons. The summed E-state index contributed by atoms with van der Waals surface area (Å²) in [6.45, 7) is 0.547. The summed E-state index contributed by atoms with van der Waals surface area (Å²) in [6.07, 6.45) is -3.10. The van der Waals surface area contributed by atoms with Crippen LogP contribution >= 0.6 is 23.1 Å². The van der Waals surface area contributed by atoms with E-state index in [0.29, 0.717) is 22.2 Å². The van der Waals surface area contributed by atoms with Gasteiger partial charge in [0, 0.05) is 6.54 Å². The molecule has 0 spiro atoms.